The molecule has 1 aromatic rings. The van der Waals surface area contributed by atoms with Crippen molar-refractivity contribution in [3.8, 4) is 0 Å². The summed E-state index contributed by atoms with van der Waals surface area (Å²) in [4.78, 5) is 0. The number of nitrogens with zero attached hydrogens (tertiary/aromatic N) is 2. The van der Waals surface area contributed by atoms with Gasteiger partial charge in [0.1, 0.15) is 0 Å². The second kappa shape index (κ2) is 5.11. The molecule has 1 aliphatic rings. The molecule has 1 aromatic heterocycles. The molecular weight excluding hydrogens is 210 g/mol. The van der Waals surface area contributed by atoms with E-state index in [1.165, 1.54) is 37.1 Å². The van der Waals surface area contributed by atoms with Crippen LogP contribution in [-0.2, 0) is 7.05 Å². The van der Waals surface area contributed by atoms with E-state index < -0.39 is 0 Å². The Morgan fingerprint density at radius 2 is 1.94 bits per heavy atom. The van der Waals surface area contributed by atoms with Crippen molar-refractivity contribution in [2.24, 2.45) is 13.0 Å². The van der Waals surface area contributed by atoms with Crippen LogP contribution < -0.4 is 5.32 Å². The van der Waals surface area contributed by atoms with Crippen LogP contribution in [0, 0.1) is 5.92 Å². The third-order valence-electron chi connectivity index (χ3n) is 3.89. The van der Waals surface area contributed by atoms with Crippen LogP contribution in [0.15, 0.2) is 6.20 Å². The zero-order valence-corrected chi connectivity index (χ0v) is 11.5. The van der Waals surface area contributed by atoms with E-state index in [4.69, 9.17) is 0 Å². The molecule has 0 amide bonds. The summed E-state index contributed by atoms with van der Waals surface area (Å²) < 4.78 is 1.92. The fourth-order valence-corrected chi connectivity index (χ4v) is 2.86. The molecule has 1 saturated carbocycles. The zero-order chi connectivity index (χ0) is 12.4. The SMILES string of the molecule is CC(C)c1nn(C)cc1NC(C)C1CCCC1. The number of anilines is 1. The van der Waals surface area contributed by atoms with Gasteiger partial charge in [-0.2, -0.15) is 5.10 Å². The molecule has 1 N–H and O–H groups in total. The Kier molecular flexibility index (Phi) is 3.75. The predicted molar refractivity (Wildman–Crippen MR) is 72.3 cm³/mol. The lowest BCUT2D eigenvalue weighted by Gasteiger charge is -2.21. The summed E-state index contributed by atoms with van der Waals surface area (Å²) in [7, 11) is 2.00. The number of aromatic nitrogens is 2. The fourth-order valence-electron chi connectivity index (χ4n) is 2.86. The maximum atomic E-state index is 4.54. The summed E-state index contributed by atoms with van der Waals surface area (Å²) in [6.07, 6.45) is 7.68. The molecule has 0 aliphatic heterocycles. The van der Waals surface area contributed by atoms with Gasteiger partial charge in [-0.15, -0.1) is 0 Å². The minimum Gasteiger partial charge on any atom is -0.380 e. The topological polar surface area (TPSA) is 29.9 Å². The van der Waals surface area contributed by atoms with Crippen molar-refractivity contribution in [3.63, 3.8) is 0 Å². The van der Waals surface area contributed by atoms with Crippen molar-refractivity contribution < 1.29 is 0 Å². The maximum absolute atomic E-state index is 4.54. The van der Waals surface area contributed by atoms with Gasteiger partial charge in [0, 0.05) is 19.3 Å². The molecule has 2 rings (SSSR count). The zero-order valence-electron chi connectivity index (χ0n) is 11.5. The highest BCUT2D eigenvalue weighted by atomic mass is 15.3. The maximum Gasteiger partial charge on any atom is 0.0881 e. The van der Waals surface area contributed by atoms with Gasteiger partial charge in [0.2, 0.25) is 0 Å². The molecular formula is C14H25N3. The van der Waals surface area contributed by atoms with Gasteiger partial charge in [-0.05, 0) is 31.6 Å². The van der Waals surface area contributed by atoms with E-state index in [1.807, 2.05) is 11.7 Å². The van der Waals surface area contributed by atoms with Crippen molar-refractivity contribution in [1.82, 2.24) is 9.78 Å². The van der Waals surface area contributed by atoms with Crippen LogP contribution in [0.3, 0.4) is 0 Å². The van der Waals surface area contributed by atoms with Gasteiger partial charge in [0.15, 0.2) is 0 Å². The molecule has 0 bridgehead atoms. The number of nitrogens with one attached hydrogen (secondary N) is 1. The van der Waals surface area contributed by atoms with Crippen molar-refractivity contribution in [1.29, 1.82) is 0 Å². The summed E-state index contributed by atoms with van der Waals surface area (Å²) in [5.74, 6) is 1.32. The normalized spacial score (nSPS) is 18.9. The van der Waals surface area contributed by atoms with Gasteiger partial charge >= 0.3 is 0 Å². The molecule has 1 heterocycles. The van der Waals surface area contributed by atoms with Crippen molar-refractivity contribution in [2.45, 2.75) is 58.4 Å². The van der Waals surface area contributed by atoms with Crippen LogP contribution in [0.5, 0.6) is 0 Å². The molecule has 0 saturated heterocycles. The second-order valence-electron chi connectivity index (χ2n) is 5.73. The molecule has 0 spiro atoms. The first-order valence-electron chi connectivity index (χ1n) is 6.88. The average Bonchev–Trinajstić information content (AvgIpc) is 2.86. The minimum atomic E-state index is 0.481. The van der Waals surface area contributed by atoms with Crippen LogP contribution >= 0.6 is 0 Å². The monoisotopic (exact) mass is 235 g/mol. The lowest BCUT2D eigenvalue weighted by atomic mass is 9.99. The van der Waals surface area contributed by atoms with Gasteiger partial charge in [-0.3, -0.25) is 4.68 Å². The van der Waals surface area contributed by atoms with E-state index in [-0.39, 0.29) is 0 Å². The first kappa shape index (κ1) is 12.5. The Balaban J connectivity index is 2.06. The van der Waals surface area contributed by atoms with Crippen molar-refractivity contribution in [2.75, 3.05) is 5.32 Å². The van der Waals surface area contributed by atoms with Crippen LogP contribution in [0.25, 0.3) is 0 Å². The summed E-state index contributed by atoms with van der Waals surface area (Å²) in [6.45, 7) is 6.72. The highest BCUT2D eigenvalue weighted by molar-refractivity contribution is 5.48. The average molecular weight is 235 g/mol. The smallest absolute Gasteiger partial charge is 0.0881 e. The molecule has 1 unspecified atom stereocenters. The quantitative estimate of drug-likeness (QED) is 0.865. The van der Waals surface area contributed by atoms with E-state index >= 15 is 0 Å². The van der Waals surface area contributed by atoms with Crippen LogP contribution in [0.4, 0.5) is 5.69 Å². The summed E-state index contributed by atoms with van der Waals surface area (Å²) in [5, 5.41) is 8.22. The van der Waals surface area contributed by atoms with Crippen LogP contribution in [-0.4, -0.2) is 15.8 Å². The first-order chi connectivity index (χ1) is 8.08. The lowest BCUT2D eigenvalue weighted by molar-refractivity contribution is 0.481. The summed E-state index contributed by atoms with van der Waals surface area (Å²) >= 11 is 0. The van der Waals surface area contributed by atoms with Gasteiger partial charge in [-0.1, -0.05) is 26.7 Å². The second-order valence-corrected chi connectivity index (χ2v) is 5.73. The highest BCUT2D eigenvalue weighted by Gasteiger charge is 2.23. The summed E-state index contributed by atoms with van der Waals surface area (Å²) in [6, 6.07) is 0.569. The van der Waals surface area contributed by atoms with Gasteiger partial charge in [-0.25, -0.2) is 0 Å². The molecule has 3 nitrogen and oxygen atoms in total. The molecule has 1 atom stereocenters. The third kappa shape index (κ3) is 2.82. The number of hydrogen-bond donors (Lipinski definition) is 1. The van der Waals surface area contributed by atoms with E-state index in [0.717, 1.165) is 5.92 Å². The molecule has 3 heteroatoms. The van der Waals surface area contributed by atoms with Crippen molar-refractivity contribution >= 4 is 5.69 Å². The van der Waals surface area contributed by atoms with E-state index in [2.05, 4.69) is 37.4 Å². The molecule has 17 heavy (non-hydrogen) atoms. The Hall–Kier alpha value is -0.990. The molecule has 96 valence electrons. The van der Waals surface area contributed by atoms with E-state index in [0.29, 0.717) is 12.0 Å². The first-order valence-corrected chi connectivity index (χ1v) is 6.88. The molecule has 0 radical (unpaired) electrons. The van der Waals surface area contributed by atoms with Gasteiger partial charge in [0.25, 0.3) is 0 Å². The summed E-state index contributed by atoms with van der Waals surface area (Å²) in [5.41, 5.74) is 2.42. The fraction of sp³-hybridized carbons (Fsp3) is 0.786. The van der Waals surface area contributed by atoms with Gasteiger partial charge < -0.3 is 5.32 Å². The molecule has 1 fully saturated rings. The Bertz CT molecular complexity index is 362. The Morgan fingerprint density at radius 3 is 2.53 bits per heavy atom. The van der Waals surface area contributed by atoms with Crippen LogP contribution in [0.1, 0.15) is 58.1 Å². The lowest BCUT2D eigenvalue weighted by Crippen LogP contribution is -2.24. The van der Waals surface area contributed by atoms with Crippen molar-refractivity contribution in [3.05, 3.63) is 11.9 Å². The molecule has 0 aromatic carbocycles. The number of aryl methyl sites for hydroxylation is 1. The van der Waals surface area contributed by atoms with Crippen LogP contribution in [0.2, 0.25) is 0 Å². The van der Waals surface area contributed by atoms with E-state index in [1.54, 1.807) is 0 Å². The predicted octanol–water partition coefficient (Wildman–Crippen LogP) is 3.53. The Labute approximate surface area is 105 Å². The number of rotatable bonds is 4. The Morgan fingerprint density at radius 1 is 1.29 bits per heavy atom. The van der Waals surface area contributed by atoms with E-state index in [9.17, 15) is 0 Å². The minimum absolute atomic E-state index is 0.481. The largest absolute Gasteiger partial charge is 0.380 e. The molecule has 1 aliphatic carbocycles. The standard InChI is InChI=1S/C14H25N3/c1-10(2)14-13(9-17(4)16-14)15-11(3)12-7-5-6-8-12/h9-12,15H,5-8H2,1-4H3. The highest BCUT2D eigenvalue weighted by Crippen LogP contribution is 2.30. The third-order valence-corrected chi connectivity index (χ3v) is 3.89. The number of hydrogen-bond acceptors (Lipinski definition) is 2. The van der Waals surface area contributed by atoms with Gasteiger partial charge in [0.05, 0.1) is 11.4 Å².